The van der Waals surface area contributed by atoms with Gasteiger partial charge in [0.15, 0.2) is 23.0 Å². The molecular weight excluding hydrogens is 400 g/mol. The molecule has 0 aromatic heterocycles. The largest absolute Gasteiger partial charge is 0.504 e. The maximum Gasteiger partial charge on any atom is 0.336 e. The Labute approximate surface area is 167 Å². The fraction of sp³-hybridized carbons (Fsp3) is 0. The molecule has 0 atom stereocenters. The third-order valence-corrected chi connectivity index (χ3v) is 4.41. The molecule has 0 amide bonds. The number of carboxylic acid groups (broad SMARTS) is 2. The van der Waals surface area contributed by atoms with Crippen LogP contribution in [0.25, 0.3) is 22.3 Å². The minimum Gasteiger partial charge on any atom is -0.504 e. The average Bonchev–Trinajstić information content (AvgIpc) is 2.69. The van der Waals surface area contributed by atoms with Crippen molar-refractivity contribution in [2.75, 3.05) is 0 Å². The van der Waals surface area contributed by atoms with E-state index in [1.165, 1.54) is 24.3 Å². The number of hydrogen-bond acceptors (Lipinski definition) is 8. The number of phenolic OH excluding ortho intramolecular Hbond substituents is 6. The Morgan fingerprint density at radius 2 is 0.933 bits per heavy atom. The van der Waals surface area contributed by atoms with Crippen molar-refractivity contribution in [3.8, 4) is 56.8 Å². The SMILES string of the molecule is O=C(O)c1cc(O)c(O)c(O)c1-c1cccc(-c2c(C(=O)O)cc(O)c(O)c2O)c1. The van der Waals surface area contributed by atoms with Gasteiger partial charge < -0.3 is 40.9 Å². The molecule has 0 aliphatic carbocycles. The Morgan fingerprint density at radius 1 is 0.567 bits per heavy atom. The normalized spacial score (nSPS) is 10.7. The first-order chi connectivity index (χ1) is 14.0. The molecule has 0 saturated carbocycles. The third kappa shape index (κ3) is 3.11. The van der Waals surface area contributed by atoms with Crippen LogP contribution in [0.5, 0.6) is 34.5 Å². The lowest BCUT2D eigenvalue weighted by molar-refractivity contribution is 0.0686. The van der Waals surface area contributed by atoms with E-state index in [2.05, 4.69) is 0 Å². The van der Waals surface area contributed by atoms with Crippen LogP contribution >= 0.6 is 0 Å². The van der Waals surface area contributed by atoms with Crippen molar-refractivity contribution in [1.82, 2.24) is 0 Å². The van der Waals surface area contributed by atoms with Crippen molar-refractivity contribution >= 4 is 11.9 Å². The van der Waals surface area contributed by atoms with Crippen LogP contribution in [-0.2, 0) is 0 Å². The Hall–Kier alpha value is -4.60. The van der Waals surface area contributed by atoms with Crippen LogP contribution in [0.1, 0.15) is 20.7 Å². The first-order valence-corrected chi connectivity index (χ1v) is 8.17. The summed E-state index contributed by atoms with van der Waals surface area (Å²) in [5, 5.41) is 78.0. The number of hydrogen-bond donors (Lipinski definition) is 8. The quantitative estimate of drug-likeness (QED) is 0.294. The highest BCUT2D eigenvalue weighted by Crippen LogP contribution is 2.48. The molecule has 0 bridgehead atoms. The number of aromatic hydroxyl groups is 6. The maximum atomic E-state index is 11.6. The lowest BCUT2D eigenvalue weighted by Crippen LogP contribution is -2.02. The molecule has 0 radical (unpaired) electrons. The summed E-state index contributed by atoms with van der Waals surface area (Å²) in [5.41, 5.74) is -1.90. The zero-order valence-electron chi connectivity index (χ0n) is 14.9. The van der Waals surface area contributed by atoms with E-state index in [1.54, 1.807) is 0 Å². The average molecular weight is 414 g/mol. The first-order valence-electron chi connectivity index (χ1n) is 8.17. The zero-order chi connectivity index (χ0) is 22.3. The van der Waals surface area contributed by atoms with Gasteiger partial charge in [-0.05, 0) is 29.3 Å². The van der Waals surface area contributed by atoms with Gasteiger partial charge in [0, 0.05) is 11.1 Å². The molecule has 0 aliphatic rings. The zero-order valence-corrected chi connectivity index (χ0v) is 14.9. The molecule has 8 N–H and O–H groups in total. The molecule has 0 aliphatic heterocycles. The van der Waals surface area contributed by atoms with E-state index in [9.17, 15) is 50.4 Å². The Kier molecular flexibility index (Phi) is 4.76. The summed E-state index contributed by atoms with van der Waals surface area (Å²) in [7, 11) is 0. The molecule has 30 heavy (non-hydrogen) atoms. The summed E-state index contributed by atoms with van der Waals surface area (Å²) in [6.45, 7) is 0. The molecule has 0 saturated heterocycles. The van der Waals surface area contributed by atoms with Crippen LogP contribution in [-0.4, -0.2) is 52.8 Å². The number of carbonyl (C=O) groups is 2. The second-order valence-corrected chi connectivity index (χ2v) is 6.22. The fourth-order valence-corrected chi connectivity index (χ4v) is 3.04. The summed E-state index contributed by atoms with van der Waals surface area (Å²) in [6.07, 6.45) is 0. The smallest absolute Gasteiger partial charge is 0.336 e. The van der Waals surface area contributed by atoms with Gasteiger partial charge in [-0.2, -0.15) is 0 Å². The number of phenols is 6. The van der Waals surface area contributed by atoms with Gasteiger partial charge in [-0.25, -0.2) is 9.59 Å². The molecule has 10 nitrogen and oxygen atoms in total. The van der Waals surface area contributed by atoms with Crippen LogP contribution in [0.15, 0.2) is 36.4 Å². The second-order valence-electron chi connectivity index (χ2n) is 6.22. The van der Waals surface area contributed by atoms with Crippen molar-refractivity contribution in [3.05, 3.63) is 47.5 Å². The molecule has 154 valence electrons. The van der Waals surface area contributed by atoms with E-state index in [-0.39, 0.29) is 22.3 Å². The minimum absolute atomic E-state index is 0.0130. The Morgan fingerprint density at radius 3 is 1.27 bits per heavy atom. The van der Waals surface area contributed by atoms with Crippen LogP contribution in [0, 0.1) is 0 Å². The molecular formula is C20H14O10. The molecule has 0 unspecified atom stereocenters. The molecule has 0 heterocycles. The fourth-order valence-electron chi connectivity index (χ4n) is 3.04. The van der Waals surface area contributed by atoms with E-state index in [0.717, 1.165) is 12.1 Å². The standard InChI is InChI=1S/C20H14O10/c21-11-5-9(19(27)28)13(17(25)15(11)23)7-2-1-3-8(4-7)14-10(20(29)30)6-12(22)16(24)18(14)26/h1-6,21-26H,(H,27,28)(H,29,30). The van der Waals surface area contributed by atoms with Gasteiger partial charge in [0.05, 0.1) is 11.1 Å². The van der Waals surface area contributed by atoms with Gasteiger partial charge in [-0.3, -0.25) is 0 Å². The van der Waals surface area contributed by atoms with Crippen molar-refractivity contribution in [2.45, 2.75) is 0 Å². The summed E-state index contributed by atoms with van der Waals surface area (Å²) >= 11 is 0. The van der Waals surface area contributed by atoms with Crippen molar-refractivity contribution in [2.24, 2.45) is 0 Å². The van der Waals surface area contributed by atoms with Crippen LogP contribution < -0.4 is 0 Å². The Bertz CT molecular complexity index is 1120. The predicted molar refractivity (Wildman–Crippen MR) is 101 cm³/mol. The molecule has 0 spiro atoms. The topological polar surface area (TPSA) is 196 Å². The van der Waals surface area contributed by atoms with Crippen LogP contribution in [0.4, 0.5) is 0 Å². The number of rotatable bonds is 4. The van der Waals surface area contributed by atoms with E-state index in [4.69, 9.17) is 0 Å². The summed E-state index contributed by atoms with van der Waals surface area (Å²) in [5.74, 6) is -8.57. The number of benzene rings is 3. The maximum absolute atomic E-state index is 11.6. The highest BCUT2D eigenvalue weighted by Gasteiger charge is 2.25. The number of carboxylic acids is 2. The van der Waals surface area contributed by atoms with Crippen molar-refractivity contribution in [3.63, 3.8) is 0 Å². The lowest BCUT2D eigenvalue weighted by Gasteiger charge is -2.15. The van der Waals surface area contributed by atoms with Gasteiger partial charge in [0.2, 0.25) is 11.5 Å². The summed E-state index contributed by atoms with van der Waals surface area (Å²) in [4.78, 5) is 23.1. The Balaban J connectivity index is 2.34. The van der Waals surface area contributed by atoms with E-state index < -0.39 is 57.6 Å². The van der Waals surface area contributed by atoms with Gasteiger partial charge >= 0.3 is 11.9 Å². The van der Waals surface area contributed by atoms with E-state index in [1.807, 2.05) is 0 Å². The monoisotopic (exact) mass is 414 g/mol. The highest BCUT2D eigenvalue weighted by atomic mass is 16.4. The lowest BCUT2D eigenvalue weighted by atomic mass is 9.92. The van der Waals surface area contributed by atoms with Crippen molar-refractivity contribution < 1.29 is 50.4 Å². The van der Waals surface area contributed by atoms with E-state index in [0.29, 0.717) is 0 Å². The van der Waals surface area contributed by atoms with Gasteiger partial charge in [0.1, 0.15) is 0 Å². The summed E-state index contributed by atoms with van der Waals surface area (Å²) < 4.78 is 0. The molecule has 3 aromatic rings. The predicted octanol–water partition coefficient (Wildman–Crippen LogP) is 2.65. The molecule has 10 heteroatoms. The number of aromatic carboxylic acids is 2. The van der Waals surface area contributed by atoms with Gasteiger partial charge in [-0.15, -0.1) is 0 Å². The van der Waals surface area contributed by atoms with E-state index >= 15 is 0 Å². The van der Waals surface area contributed by atoms with Crippen LogP contribution in [0.2, 0.25) is 0 Å². The van der Waals surface area contributed by atoms with Crippen LogP contribution in [0.3, 0.4) is 0 Å². The minimum atomic E-state index is -1.53. The van der Waals surface area contributed by atoms with Gasteiger partial charge in [0.25, 0.3) is 0 Å². The van der Waals surface area contributed by atoms with Crippen molar-refractivity contribution in [1.29, 1.82) is 0 Å². The first kappa shape index (κ1) is 20.1. The highest BCUT2D eigenvalue weighted by molar-refractivity contribution is 6.02. The molecule has 3 aromatic carbocycles. The summed E-state index contributed by atoms with van der Waals surface area (Å²) in [6, 6.07) is 6.65. The molecule has 0 fully saturated rings. The third-order valence-electron chi connectivity index (χ3n) is 4.41. The van der Waals surface area contributed by atoms with Gasteiger partial charge in [-0.1, -0.05) is 18.2 Å². The molecule has 3 rings (SSSR count). The second kappa shape index (κ2) is 7.09.